The van der Waals surface area contributed by atoms with Crippen LogP contribution in [0.4, 0.5) is 0 Å². The van der Waals surface area contributed by atoms with E-state index in [0.29, 0.717) is 0 Å². The molecule has 0 aliphatic rings. The summed E-state index contributed by atoms with van der Waals surface area (Å²) in [6.45, 7) is 6.82. The van der Waals surface area contributed by atoms with Crippen molar-refractivity contribution in [2.75, 3.05) is 13.2 Å². The normalized spacial score (nSPS) is 10.7. The maximum atomic E-state index is 11.4. The number of ketones is 1. The minimum Gasteiger partial charge on any atom is -0.459 e. The minimum absolute atomic E-state index is 0.138. The molecule has 1 amide bonds. The fourth-order valence-corrected chi connectivity index (χ4v) is 0.695. The molecule has 0 aromatic carbocycles. The van der Waals surface area contributed by atoms with E-state index in [0.717, 1.165) is 0 Å². The van der Waals surface area contributed by atoms with Crippen LogP contribution in [-0.2, 0) is 19.1 Å². The standard InChI is InChI=1S/C10H17NO4/c1-5-15-9(14)8(13)11-6-7(12)10(2,3)4/h5-6H2,1-4H3,(H,11,13). The van der Waals surface area contributed by atoms with Crippen LogP contribution < -0.4 is 5.32 Å². The molecule has 0 rings (SSSR count). The second-order valence-corrected chi connectivity index (χ2v) is 4.08. The molecule has 5 heteroatoms. The van der Waals surface area contributed by atoms with Crippen LogP contribution in [0.15, 0.2) is 0 Å². The summed E-state index contributed by atoms with van der Waals surface area (Å²) >= 11 is 0. The molecule has 0 aromatic rings. The Morgan fingerprint density at radius 1 is 1.20 bits per heavy atom. The van der Waals surface area contributed by atoms with E-state index in [1.807, 2.05) is 0 Å². The molecule has 0 aliphatic carbocycles. The Bertz CT molecular complexity index is 265. The average Bonchev–Trinajstić information content (AvgIpc) is 2.12. The second kappa shape index (κ2) is 5.48. The highest BCUT2D eigenvalue weighted by Gasteiger charge is 2.23. The van der Waals surface area contributed by atoms with E-state index in [1.165, 1.54) is 0 Å². The van der Waals surface area contributed by atoms with Gasteiger partial charge in [0.2, 0.25) is 0 Å². The Labute approximate surface area is 89.2 Å². The highest BCUT2D eigenvalue weighted by molar-refractivity contribution is 6.32. The van der Waals surface area contributed by atoms with Crippen molar-refractivity contribution >= 4 is 17.7 Å². The van der Waals surface area contributed by atoms with Crippen molar-refractivity contribution < 1.29 is 19.1 Å². The van der Waals surface area contributed by atoms with E-state index in [4.69, 9.17) is 0 Å². The summed E-state index contributed by atoms with van der Waals surface area (Å²) < 4.78 is 4.46. The number of carbonyl (C=O) groups is 3. The van der Waals surface area contributed by atoms with Gasteiger partial charge in [0.15, 0.2) is 5.78 Å². The Hall–Kier alpha value is -1.39. The fraction of sp³-hybridized carbons (Fsp3) is 0.700. The molecule has 0 fully saturated rings. The number of amides is 1. The molecule has 0 spiro atoms. The maximum absolute atomic E-state index is 11.4. The van der Waals surface area contributed by atoms with E-state index in [-0.39, 0.29) is 18.9 Å². The SMILES string of the molecule is CCOC(=O)C(=O)NCC(=O)C(C)(C)C. The molecule has 0 aliphatic heterocycles. The number of nitrogens with one attached hydrogen (secondary N) is 1. The molecule has 5 nitrogen and oxygen atoms in total. The largest absolute Gasteiger partial charge is 0.459 e. The monoisotopic (exact) mass is 215 g/mol. The van der Waals surface area contributed by atoms with Gasteiger partial charge in [0.1, 0.15) is 0 Å². The number of esters is 1. The Balaban J connectivity index is 4.02. The van der Waals surface area contributed by atoms with Gasteiger partial charge in [-0.3, -0.25) is 9.59 Å². The lowest BCUT2D eigenvalue weighted by Gasteiger charge is -2.16. The molecule has 86 valence electrons. The van der Waals surface area contributed by atoms with Crippen molar-refractivity contribution in [1.82, 2.24) is 5.32 Å². The smallest absolute Gasteiger partial charge is 0.396 e. The molecule has 1 N–H and O–H groups in total. The zero-order chi connectivity index (χ0) is 12.1. The summed E-state index contributed by atoms with van der Waals surface area (Å²) in [5.74, 6) is -1.98. The number of hydrogen-bond acceptors (Lipinski definition) is 4. The topological polar surface area (TPSA) is 72.5 Å². The summed E-state index contributed by atoms with van der Waals surface area (Å²) in [6, 6.07) is 0. The molecular formula is C10H17NO4. The van der Waals surface area contributed by atoms with E-state index in [9.17, 15) is 14.4 Å². The van der Waals surface area contributed by atoms with Gasteiger partial charge >= 0.3 is 11.9 Å². The fourth-order valence-electron chi connectivity index (χ4n) is 0.695. The van der Waals surface area contributed by atoms with Crippen LogP contribution in [0, 0.1) is 5.41 Å². The van der Waals surface area contributed by atoms with Crippen molar-refractivity contribution in [2.45, 2.75) is 27.7 Å². The summed E-state index contributed by atoms with van der Waals surface area (Å²) in [5.41, 5.74) is -0.526. The lowest BCUT2D eigenvalue weighted by atomic mass is 9.91. The van der Waals surface area contributed by atoms with E-state index in [2.05, 4.69) is 10.1 Å². The highest BCUT2D eigenvalue weighted by Crippen LogP contribution is 2.13. The molecule has 0 atom stereocenters. The minimum atomic E-state index is -0.959. The van der Waals surface area contributed by atoms with Crippen LogP contribution in [0.2, 0.25) is 0 Å². The van der Waals surface area contributed by atoms with Crippen molar-refractivity contribution in [1.29, 1.82) is 0 Å². The van der Waals surface area contributed by atoms with Crippen LogP contribution >= 0.6 is 0 Å². The zero-order valence-corrected chi connectivity index (χ0v) is 9.55. The third-order valence-corrected chi connectivity index (χ3v) is 1.71. The van der Waals surface area contributed by atoms with Gasteiger partial charge in [0.25, 0.3) is 0 Å². The van der Waals surface area contributed by atoms with Gasteiger partial charge in [-0.25, -0.2) is 4.79 Å². The summed E-state index contributed by atoms with van der Waals surface area (Å²) in [4.78, 5) is 33.3. The van der Waals surface area contributed by atoms with E-state index < -0.39 is 17.3 Å². The highest BCUT2D eigenvalue weighted by atomic mass is 16.5. The number of rotatable bonds is 3. The van der Waals surface area contributed by atoms with Gasteiger partial charge in [-0.2, -0.15) is 0 Å². The second-order valence-electron chi connectivity index (χ2n) is 4.08. The first-order valence-electron chi connectivity index (χ1n) is 4.77. The Kier molecular flexibility index (Phi) is 4.97. The third-order valence-electron chi connectivity index (χ3n) is 1.71. The predicted octanol–water partition coefficient (Wildman–Crippen LogP) is 0.281. The molecule has 0 aromatic heterocycles. The summed E-state index contributed by atoms with van der Waals surface area (Å²) in [6.07, 6.45) is 0. The van der Waals surface area contributed by atoms with Crippen molar-refractivity contribution in [3.05, 3.63) is 0 Å². The van der Waals surface area contributed by atoms with Gasteiger partial charge in [-0.1, -0.05) is 20.8 Å². The molecule has 0 heterocycles. The molecule has 0 saturated heterocycles. The van der Waals surface area contributed by atoms with Crippen LogP contribution in [0.3, 0.4) is 0 Å². The molecule has 0 saturated carbocycles. The number of carbonyl (C=O) groups excluding carboxylic acids is 3. The van der Waals surface area contributed by atoms with Gasteiger partial charge in [0, 0.05) is 5.41 Å². The first-order chi connectivity index (χ1) is 6.79. The molecule has 0 unspecified atom stereocenters. The van der Waals surface area contributed by atoms with Gasteiger partial charge in [-0.15, -0.1) is 0 Å². The van der Waals surface area contributed by atoms with E-state index >= 15 is 0 Å². The third kappa shape index (κ3) is 5.15. The van der Waals surface area contributed by atoms with Crippen LogP contribution in [0.5, 0.6) is 0 Å². The average molecular weight is 215 g/mol. The van der Waals surface area contributed by atoms with Gasteiger partial charge in [-0.05, 0) is 6.92 Å². The quantitative estimate of drug-likeness (QED) is 0.542. The first-order valence-corrected chi connectivity index (χ1v) is 4.77. The van der Waals surface area contributed by atoms with Crippen LogP contribution in [-0.4, -0.2) is 30.8 Å². The van der Waals surface area contributed by atoms with Crippen LogP contribution in [0.25, 0.3) is 0 Å². The predicted molar refractivity (Wildman–Crippen MR) is 54.1 cm³/mol. The Morgan fingerprint density at radius 2 is 1.73 bits per heavy atom. The molecule has 0 radical (unpaired) electrons. The lowest BCUT2D eigenvalue weighted by Crippen LogP contribution is -2.39. The van der Waals surface area contributed by atoms with Gasteiger partial charge < -0.3 is 10.1 Å². The van der Waals surface area contributed by atoms with Crippen molar-refractivity contribution in [2.24, 2.45) is 5.41 Å². The summed E-state index contributed by atoms with van der Waals surface area (Å²) in [5, 5.41) is 2.21. The van der Waals surface area contributed by atoms with Crippen LogP contribution in [0.1, 0.15) is 27.7 Å². The zero-order valence-electron chi connectivity index (χ0n) is 9.55. The molecular weight excluding hydrogens is 198 g/mol. The van der Waals surface area contributed by atoms with E-state index in [1.54, 1.807) is 27.7 Å². The lowest BCUT2D eigenvalue weighted by molar-refractivity contribution is -0.154. The first kappa shape index (κ1) is 13.6. The van der Waals surface area contributed by atoms with Gasteiger partial charge in [0.05, 0.1) is 13.2 Å². The number of ether oxygens (including phenoxy) is 1. The Morgan fingerprint density at radius 3 is 2.13 bits per heavy atom. The summed E-state index contributed by atoms with van der Waals surface area (Å²) in [7, 11) is 0. The molecule has 0 bridgehead atoms. The number of hydrogen-bond donors (Lipinski definition) is 1. The maximum Gasteiger partial charge on any atom is 0.396 e. The number of Topliss-reactive ketones (excluding diaryl/α,β-unsaturated/α-hetero) is 1. The van der Waals surface area contributed by atoms with Crippen molar-refractivity contribution in [3.63, 3.8) is 0 Å². The molecule has 15 heavy (non-hydrogen) atoms. The van der Waals surface area contributed by atoms with Crippen molar-refractivity contribution in [3.8, 4) is 0 Å².